The first-order chi connectivity index (χ1) is 10.3. The molecule has 0 aliphatic carbocycles. The number of hydrogen-bond acceptors (Lipinski definition) is 4. The number of rotatable bonds is 4. The highest BCUT2D eigenvalue weighted by Gasteiger charge is 2.18. The molecule has 0 amide bonds. The van der Waals surface area contributed by atoms with Crippen LogP contribution in [0.15, 0.2) is 60.9 Å². The van der Waals surface area contributed by atoms with E-state index in [1.807, 2.05) is 54.6 Å². The van der Waals surface area contributed by atoms with Crippen LogP contribution in [-0.2, 0) is 4.74 Å². The van der Waals surface area contributed by atoms with E-state index < -0.39 is 6.10 Å². The summed E-state index contributed by atoms with van der Waals surface area (Å²) in [5.74, 6) is 0. The summed E-state index contributed by atoms with van der Waals surface area (Å²) in [5, 5.41) is 19.3. The van der Waals surface area contributed by atoms with Crippen molar-refractivity contribution in [3.63, 3.8) is 0 Å². The molecule has 0 aliphatic heterocycles. The third kappa shape index (κ3) is 2.64. The maximum absolute atomic E-state index is 10.5. The molecule has 21 heavy (non-hydrogen) atoms. The van der Waals surface area contributed by atoms with Crippen LogP contribution in [-0.4, -0.2) is 27.2 Å². The maximum Gasteiger partial charge on any atom is 0.130 e. The summed E-state index contributed by atoms with van der Waals surface area (Å²) in [4.78, 5) is 1.41. The molecule has 106 valence electrons. The van der Waals surface area contributed by atoms with Gasteiger partial charge in [-0.05, 0) is 17.7 Å². The highest BCUT2D eigenvalue weighted by atomic mass is 16.5. The zero-order valence-corrected chi connectivity index (χ0v) is 11.5. The van der Waals surface area contributed by atoms with Gasteiger partial charge in [0, 0.05) is 0 Å². The molecule has 1 aromatic heterocycles. The summed E-state index contributed by atoms with van der Waals surface area (Å²) in [5.41, 5.74) is 2.74. The van der Waals surface area contributed by atoms with Crippen molar-refractivity contribution in [2.75, 3.05) is 7.11 Å². The normalized spacial score (nSPS) is 13.3. The topological polar surface area (TPSA) is 60.2 Å². The van der Waals surface area contributed by atoms with Crippen LogP contribution in [0, 0.1) is 0 Å². The van der Waals surface area contributed by atoms with Crippen LogP contribution in [0.4, 0.5) is 0 Å². The van der Waals surface area contributed by atoms with Crippen LogP contribution in [0.1, 0.15) is 11.7 Å². The molecular weight excluding hydrogens is 266 g/mol. The third-order valence-electron chi connectivity index (χ3n) is 3.15. The molecule has 1 N–H and O–H groups in total. The predicted octanol–water partition coefficient (Wildman–Crippen LogP) is 2.61. The molecule has 3 rings (SSSR count). The summed E-state index contributed by atoms with van der Waals surface area (Å²) in [6.07, 6.45) is 0.587. The van der Waals surface area contributed by atoms with Gasteiger partial charge in [-0.1, -0.05) is 42.5 Å². The standard InChI is InChI=1S/C16H15N3O2/c1-21-11-15(16(20)12-7-3-2-4-8-12)19-17-13-9-5-6-10-14(13)18-19/h2-11,16,20H,1H3/b15-11-. The van der Waals surface area contributed by atoms with Gasteiger partial charge in [-0.2, -0.15) is 0 Å². The largest absolute Gasteiger partial charge is 0.502 e. The first-order valence-corrected chi connectivity index (χ1v) is 6.58. The molecule has 0 spiro atoms. The number of fused-ring (bicyclic) bond motifs is 1. The van der Waals surface area contributed by atoms with Crippen LogP contribution in [0.5, 0.6) is 0 Å². The fourth-order valence-electron chi connectivity index (χ4n) is 2.12. The van der Waals surface area contributed by atoms with Gasteiger partial charge in [0.1, 0.15) is 29.1 Å². The lowest BCUT2D eigenvalue weighted by Crippen LogP contribution is -2.11. The van der Waals surface area contributed by atoms with E-state index in [-0.39, 0.29) is 0 Å². The minimum Gasteiger partial charge on any atom is -0.502 e. The Bertz CT molecular complexity index is 732. The predicted molar refractivity (Wildman–Crippen MR) is 80.2 cm³/mol. The van der Waals surface area contributed by atoms with Crippen molar-refractivity contribution in [2.45, 2.75) is 6.10 Å². The second kappa shape index (κ2) is 5.76. The summed E-state index contributed by atoms with van der Waals surface area (Å²) in [7, 11) is 1.53. The van der Waals surface area contributed by atoms with Crippen molar-refractivity contribution in [3.05, 3.63) is 66.4 Å². The first kappa shape index (κ1) is 13.3. The maximum atomic E-state index is 10.5. The Labute approximate surface area is 122 Å². The summed E-state index contributed by atoms with van der Waals surface area (Å²) in [6.45, 7) is 0. The van der Waals surface area contributed by atoms with Gasteiger partial charge >= 0.3 is 0 Å². The Balaban J connectivity index is 2.04. The van der Waals surface area contributed by atoms with Gasteiger partial charge in [-0.3, -0.25) is 0 Å². The SMILES string of the molecule is CO/C=C(/C(O)c1ccccc1)n1nc2ccccc2n1. The number of hydrogen-bond donors (Lipinski definition) is 1. The fourth-order valence-corrected chi connectivity index (χ4v) is 2.12. The van der Waals surface area contributed by atoms with Gasteiger partial charge in [-0.15, -0.1) is 15.0 Å². The van der Waals surface area contributed by atoms with Crippen molar-refractivity contribution in [1.29, 1.82) is 0 Å². The summed E-state index contributed by atoms with van der Waals surface area (Å²) >= 11 is 0. The van der Waals surface area contributed by atoms with Gasteiger partial charge in [0.15, 0.2) is 0 Å². The smallest absolute Gasteiger partial charge is 0.130 e. The molecule has 0 aliphatic rings. The summed E-state index contributed by atoms with van der Waals surface area (Å²) < 4.78 is 5.07. The quantitative estimate of drug-likeness (QED) is 0.747. The van der Waals surface area contributed by atoms with Crippen LogP contribution in [0.3, 0.4) is 0 Å². The number of methoxy groups -OCH3 is 1. The van der Waals surface area contributed by atoms with Crippen molar-refractivity contribution >= 4 is 16.7 Å². The number of aliphatic hydroxyl groups is 1. The van der Waals surface area contributed by atoms with Gasteiger partial charge in [0.2, 0.25) is 0 Å². The highest BCUT2D eigenvalue weighted by Crippen LogP contribution is 2.25. The second-order valence-corrected chi connectivity index (χ2v) is 4.57. The van der Waals surface area contributed by atoms with E-state index in [4.69, 9.17) is 4.74 Å². The second-order valence-electron chi connectivity index (χ2n) is 4.57. The molecule has 5 nitrogen and oxygen atoms in total. The van der Waals surface area contributed by atoms with E-state index in [0.29, 0.717) is 5.70 Å². The zero-order valence-electron chi connectivity index (χ0n) is 11.5. The minimum absolute atomic E-state index is 0.458. The van der Waals surface area contributed by atoms with Gasteiger partial charge < -0.3 is 9.84 Å². The van der Waals surface area contributed by atoms with Crippen molar-refractivity contribution in [3.8, 4) is 0 Å². The number of aromatic nitrogens is 3. The van der Waals surface area contributed by atoms with E-state index in [9.17, 15) is 5.11 Å². The number of benzene rings is 2. The van der Waals surface area contributed by atoms with Crippen LogP contribution in [0.2, 0.25) is 0 Å². The van der Waals surface area contributed by atoms with Crippen LogP contribution in [0.25, 0.3) is 16.7 Å². The molecule has 1 atom stereocenters. The lowest BCUT2D eigenvalue weighted by atomic mass is 10.1. The van der Waals surface area contributed by atoms with Crippen LogP contribution < -0.4 is 0 Å². The Morgan fingerprint density at radius 1 is 1.05 bits per heavy atom. The molecule has 0 fully saturated rings. The third-order valence-corrected chi connectivity index (χ3v) is 3.15. The van der Waals surface area contributed by atoms with Gasteiger partial charge in [-0.25, -0.2) is 0 Å². The van der Waals surface area contributed by atoms with Gasteiger partial charge in [0.05, 0.1) is 7.11 Å². The average Bonchev–Trinajstić information content (AvgIpc) is 2.96. The molecule has 5 heteroatoms. The van der Waals surface area contributed by atoms with Crippen LogP contribution >= 0.6 is 0 Å². The fraction of sp³-hybridized carbons (Fsp3) is 0.125. The van der Waals surface area contributed by atoms with E-state index in [1.165, 1.54) is 18.2 Å². The van der Waals surface area contributed by atoms with E-state index in [2.05, 4.69) is 10.2 Å². The first-order valence-electron chi connectivity index (χ1n) is 6.58. The molecule has 2 aromatic carbocycles. The van der Waals surface area contributed by atoms with E-state index in [1.54, 1.807) is 0 Å². The molecule has 1 unspecified atom stereocenters. The lowest BCUT2D eigenvalue weighted by molar-refractivity contribution is 0.221. The van der Waals surface area contributed by atoms with E-state index in [0.717, 1.165) is 16.6 Å². The number of nitrogens with zero attached hydrogens (tertiary/aromatic N) is 3. The van der Waals surface area contributed by atoms with Crippen molar-refractivity contribution < 1.29 is 9.84 Å². The Hall–Kier alpha value is -2.66. The van der Waals surface area contributed by atoms with E-state index >= 15 is 0 Å². The minimum atomic E-state index is -0.868. The molecule has 3 aromatic rings. The Morgan fingerprint density at radius 3 is 2.19 bits per heavy atom. The van der Waals surface area contributed by atoms with Crippen molar-refractivity contribution in [1.82, 2.24) is 15.0 Å². The van der Waals surface area contributed by atoms with Gasteiger partial charge in [0.25, 0.3) is 0 Å². The molecule has 0 radical (unpaired) electrons. The molecule has 1 heterocycles. The van der Waals surface area contributed by atoms with Crippen molar-refractivity contribution in [2.24, 2.45) is 0 Å². The molecular formula is C16H15N3O2. The zero-order chi connectivity index (χ0) is 14.7. The number of aliphatic hydroxyl groups excluding tert-OH is 1. The Morgan fingerprint density at radius 2 is 1.62 bits per heavy atom. The monoisotopic (exact) mass is 281 g/mol. The molecule has 0 saturated carbocycles. The summed E-state index contributed by atoms with van der Waals surface area (Å²) in [6, 6.07) is 16.9. The lowest BCUT2D eigenvalue weighted by Gasteiger charge is -2.13. The molecule has 0 bridgehead atoms. The number of ether oxygens (including phenoxy) is 1. The Kier molecular flexibility index (Phi) is 3.66. The highest BCUT2D eigenvalue weighted by molar-refractivity contribution is 5.74. The molecule has 0 saturated heterocycles. The average molecular weight is 281 g/mol.